The Kier molecular flexibility index (Phi) is 5.99. The molecule has 0 unspecified atom stereocenters. The molecule has 2 aromatic rings. The lowest BCUT2D eigenvalue weighted by atomic mass is 10.0. The van der Waals surface area contributed by atoms with Crippen molar-refractivity contribution in [2.24, 2.45) is 0 Å². The summed E-state index contributed by atoms with van der Waals surface area (Å²) in [6.45, 7) is 2.63. The van der Waals surface area contributed by atoms with E-state index in [1.807, 2.05) is 36.4 Å². The van der Waals surface area contributed by atoms with Gasteiger partial charge in [0.1, 0.15) is 5.75 Å². The summed E-state index contributed by atoms with van der Waals surface area (Å²) in [7, 11) is -1.88. The minimum atomic E-state index is -3.52. The van der Waals surface area contributed by atoms with E-state index in [0.717, 1.165) is 49.0 Å². The highest BCUT2D eigenvalue weighted by Gasteiger charge is 2.33. The van der Waals surface area contributed by atoms with Crippen LogP contribution in [-0.4, -0.2) is 26.4 Å². The van der Waals surface area contributed by atoms with E-state index in [9.17, 15) is 8.42 Å². The first kappa shape index (κ1) is 18.9. The molecule has 0 N–H and O–H groups in total. The Labute approximate surface area is 156 Å². The highest BCUT2D eigenvalue weighted by atomic mass is 32.2. The van der Waals surface area contributed by atoms with E-state index >= 15 is 0 Å². The molecular formula is C21H27NO3S. The molecule has 1 aliphatic rings. The molecule has 1 atom stereocenters. The molecule has 0 spiro atoms. The van der Waals surface area contributed by atoms with Gasteiger partial charge in [-0.3, -0.25) is 0 Å². The second-order valence-electron chi connectivity index (χ2n) is 6.75. The number of methoxy groups -OCH3 is 1. The van der Waals surface area contributed by atoms with Gasteiger partial charge >= 0.3 is 0 Å². The number of nitrogens with zero attached hydrogens (tertiary/aromatic N) is 1. The maximum absolute atomic E-state index is 13.3. The predicted molar refractivity (Wildman–Crippen MR) is 104 cm³/mol. The number of hydrogen-bond acceptors (Lipinski definition) is 3. The summed E-state index contributed by atoms with van der Waals surface area (Å²) < 4.78 is 33.6. The lowest BCUT2D eigenvalue weighted by molar-refractivity contribution is 0.328. The summed E-state index contributed by atoms with van der Waals surface area (Å²) in [5, 5.41) is 0. The molecule has 2 aromatic carbocycles. The fourth-order valence-electron chi connectivity index (χ4n) is 3.56. The summed E-state index contributed by atoms with van der Waals surface area (Å²) in [5.74, 6) is 0.784. The van der Waals surface area contributed by atoms with E-state index in [2.05, 4.69) is 6.92 Å². The van der Waals surface area contributed by atoms with E-state index in [1.165, 1.54) is 0 Å². The molecule has 0 bridgehead atoms. The van der Waals surface area contributed by atoms with Crippen molar-refractivity contribution < 1.29 is 13.2 Å². The van der Waals surface area contributed by atoms with Crippen LogP contribution in [0.15, 0.2) is 53.4 Å². The zero-order valence-corrected chi connectivity index (χ0v) is 16.3. The maximum atomic E-state index is 13.3. The van der Waals surface area contributed by atoms with E-state index in [1.54, 1.807) is 23.5 Å². The second kappa shape index (κ2) is 8.23. The van der Waals surface area contributed by atoms with E-state index in [4.69, 9.17) is 4.74 Å². The Morgan fingerprint density at radius 3 is 2.31 bits per heavy atom. The van der Waals surface area contributed by atoms with Crippen molar-refractivity contribution in [2.45, 2.75) is 50.0 Å². The Hall–Kier alpha value is -1.85. The molecule has 5 heteroatoms. The highest BCUT2D eigenvalue weighted by molar-refractivity contribution is 7.89. The van der Waals surface area contributed by atoms with E-state index < -0.39 is 10.0 Å². The Morgan fingerprint density at radius 1 is 1.00 bits per heavy atom. The molecule has 3 rings (SSSR count). The normalized spacial score (nSPS) is 19.1. The van der Waals surface area contributed by atoms with Gasteiger partial charge in [0.05, 0.1) is 18.0 Å². The first-order valence-electron chi connectivity index (χ1n) is 9.31. The smallest absolute Gasteiger partial charge is 0.243 e. The summed E-state index contributed by atoms with van der Waals surface area (Å²) in [6, 6.07) is 14.9. The summed E-state index contributed by atoms with van der Waals surface area (Å²) in [4.78, 5) is 0.384. The number of benzene rings is 2. The van der Waals surface area contributed by atoms with Gasteiger partial charge in [-0.1, -0.05) is 44.0 Å². The average molecular weight is 374 g/mol. The zero-order chi connectivity index (χ0) is 18.6. The molecular weight excluding hydrogens is 346 g/mol. The second-order valence-corrected chi connectivity index (χ2v) is 8.64. The maximum Gasteiger partial charge on any atom is 0.243 e. The number of aryl methyl sites for hydroxylation is 1. The molecule has 1 aliphatic heterocycles. The van der Waals surface area contributed by atoms with Crippen LogP contribution >= 0.6 is 0 Å². The van der Waals surface area contributed by atoms with Crippen LogP contribution in [0.4, 0.5) is 0 Å². The molecule has 0 saturated carbocycles. The summed E-state index contributed by atoms with van der Waals surface area (Å²) in [5.41, 5.74) is 2.17. The summed E-state index contributed by atoms with van der Waals surface area (Å²) in [6.07, 6.45) is 4.75. The van der Waals surface area contributed by atoms with Crippen molar-refractivity contribution in [3.8, 4) is 5.75 Å². The summed E-state index contributed by atoms with van der Waals surface area (Å²) >= 11 is 0. The van der Waals surface area contributed by atoms with Crippen LogP contribution in [0.2, 0.25) is 0 Å². The van der Waals surface area contributed by atoms with Crippen LogP contribution in [0.3, 0.4) is 0 Å². The van der Waals surface area contributed by atoms with Crippen molar-refractivity contribution in [1.29, 1.82) is 0 Å². The number of hydrogen-bond donors (Lipinski definition) is 0. The van der Waals surface area contributed by atoms with Crippen LogP contribution in [-0.2, 0) is 16.4 Å². The molecule has 0 aromatic heterocycles. The fraction of sp³-hybridized carbons (Fsp3) is 0.429. The molecule has 0 amide bonds. The van der Waals surface area contributed by atoms with Gasteiger partial charge in [0.15, 0.2) is 0 Å². The van der Waals surface area contributed by atoms with Crippen molar-refractivity contribution in [2.75, 3.05) is 13.7 Å². The van der Waals surface area contributed by atoms with Crippen molar-refractivity contribution >= 4 is 10.0 Å². The molecule has 1 saturated heterocycles. The molecule has 4 nitrogen and oxygen atoms in total. The Morgan fingerprint density at radius 2 is 1.69 bits per heavy atom. The SMILES string of the molecule is CCc1ccc(S(=O)(=O)N2CCCCC[C@H]2c2ccc(OC)cc2)cc1. The molecule has 1 heterocycles. The minimum absolute atomic E-state index is 0.126. The lowest BCUT2D eigenvalue weighted by Gasteiger charge is -2.29. The number of rotatable bonds is 5. The Bertz CT molecular complexity index is 813. The third-order valence-electron chi connectivity index (χ3n) is 5.14. The van der Waals surface area contributed by atoms with Crippen molar-refractivity contribution in [3.05, 3.63) is 59.7 Å². The molecule has 26 heavy (non-hydrogen) atoms. The van der Waals surface area contributed by atoms with Gasteiger partial charge in [0.25, 0.3) is 0 Å². The predicted octanol–water partition coefficient (Wildman–Crippen LogP) is 4.56. The molecule has 0 aliphatic carbocycles. The van der Waals surface area contributed by atoms with Gasteiger partial charge in [-0.2, -0.15) is 4.31 Å². The van der Waals surface area contributed by atoms with Crippen LogP contribution in [0.1, 0.15) is 49.8 Å². The average Bonchev–Trinajstić information content (AvgIpc) is 2.95. The highest BCUT2D eigenvalue weighted by Crippen LogP contribution is 2.35. The fourth-order valence-corrected chi connectivity index (χ4v) is 5.24. The van der Waals surface area contributed by atoms with Gasteiger partial charge in [-0.25, -0.2) is 8.42 Å². The first-order chi connectivity index (χ1) is 12.6. The van der Waals surface area contributed by atoms with Gasteiger partial charge in [-0.05, 0) is 54.7 Å². The molecule has 1 fully saturated rings. The third-order valence-corrected chi connectivity index (χ3v) is 7.06. The van der Waals surface area contributed by atoms with Crippen molar-refractivity contribution in [3.63, 3.8) is 0 Å². The number of sulfonamides is 1. The van der Waals surface area contributed by atoms with Crippen LogP contribution in [0.5, 0.6) is 5.75 Å². The van der Waals surface area contributed by atoms with E-state index in [0.29, 0.717) is 11.4 Å². The van der Waals surface area contributed by atoms with Gasteiger partial charge in [-0.15, -0.1) is 0 Å². The van der Waals surface area contributed by atoms with Gasteiger partial charge < -0.3 is 4.74 Å². The molecule has 140 valence electrons. The molecule has 0 radical (unpaired) electrons. The minimum Gasteiger partial charge on any atom is -0.497 e. The standard InChI is InChI=1S/C21H27NO3S/c1-3-17-8-14-20(15-9-17)26(23,24)22-16-6-4-5-7-21(22)18-10-12-19(25-2)13-11-18/h8-15,21H,3-7,16H2,1-2H3/t21-/m0/s1. The topological polar surface area (TPSA) is 46.6 Å². The number of ether oxygens (including phenoxy) is 1. The lowest BCUT2D eigenvalue weighted by Crippen LogP contribution is -2.34. The first-order valence-corrected chi connectivity index (χ1v) is 10.7. The van der Waals surface area contributed by atoms with Gasteiger partial charge in [0.2, 0.25) is 10.0 Å². The largest absolute Gasteiger partial charge is 0.497 e. The van der Waals surface area contributed by atoms with Crippen LogP contribution in [0, 0.1) is 0 Å². The van der Waals surface area contributed by atoms with Crippen LogP contribution in [0.25, 0.3) is 0 Å². The van der Waals surface area contributed by atoms with Crippen molar-refractivity contribution in [1.82, 2.24) is 4.31 Å². The van der Waals surface area contributed by atoms with Crippen LogP contribution < -0.4 is 4.74 Å². The van der Waals surface area contributed by atoms with Gasteiger partial charge in [0, 0.05) is 6.54 Å². The Balaban J connectivity index is 1.96. The monoisotopic (exact) mass is 373 g/mol. The third kappa shape index (κ3) is 3.94. The zero-order valence-electron chi connectivity index (χ0n) is 15.5. The quantitative estimate of drug-likeness (QED) is 0.772. The van der Waals surface area contributed by atoms with E-state index in [-0.39, 0.29) is 6.04 Å².